The smallest absolute Gasteiger partial charge is 0.253 e. The maximum absolute atomic E-state index is 13.2. The van der Waals surface area contributed by atoms with Crippen molar-refractivity contribution in [2.24, 2.45) is 5.41 Å². The summed E-state index contributed by atoms with van der Waals surface area (Å²) in [5.41, 5.74) is 7.82. The Labute approximate surface area is 191 Å². The highest BCUT2D eigenvalue weighted by molar-refractivity contribution is 6.30. The quantitative estimate of drug-likeness (QED) is 0.530. The lowest BCUT2D eigenvalue weighted by molar-refractivity contribution is 0.0758. The molecule has 1 aromatic heterocycles. The van der Waals surface area contributed by atoms with Gasteiger partial charge in [-0.25, -0.2) is 4.98 Å². The van der Waals surface area contributed by atoms with Gasteiger partial charge in [0.1, 0.15) is 0 Å². The fraction of sp³-hybridized carbons (Fsp3) is 0.250. The number of likely N-dealkylation sites (tertiary alicyclic amines) is 1. The van der Waals surface area contributed by atoms with Gasteiger partial charge in [0.2, 0.25) is 5.88 Å². The number of nitrogen functional groups attached to an aromatic ring is 1. The number of benzene rings is 2. The molecule has 0 aliphatic carbocycles. The Balaban J connectivity index is 1.59. The number of anilines is 1. The monoisotopic (exact) mass is 455 g/mol. The van der Waals surface area contributed by atoms with Crippen molar-refractivity contribution in [2.75, 3.05) is 25.4 Å². The molecule has 1 saturated heterocycles. The highest BCUT2D eigenvalue weighted by atomic mass is 35.5. The van der Waals surface area contributed by atoms with Crippen molar-refractivity contribution >= 4 is 34.8 Å². The molecule has 2 atom stereocenters. The van der Waals surface area contributed by atoms with Gasteiger partial charge in [0.25, 0.3) is 5.91 Å². The minimum absolute atomic E-state index is 0.0210. The number of ether oxygens (including phenoxy) is 1. The van der Waals surface area contributed by atoms with Crippen LogP contribution in [-0.4, -0.2) is 35.5 Å². The van der Waals surface area contributed by atoms with E-state index in [9.17, 15) is 4.79 Å². The second-order valence-electron chi connectivity index (χ2n) is 8.17. The lowest BCUT2D eigenvalue weighted by atomic mass is 9.77. The van der Waals surface area contributed by atoms with Crippen molar-refractivity contribution in [1.82, 2.24) is 9.88 Å². The topological polar surface area (TPSA) is 68.5 Å². The number of aromatic nitrogens is 1. The van der Waals surface area contributed by atoms with Gasteiger partial charge in [-0.15, -0.1) is 0 Å². The van der Waals surface area contributed by atoms with Gasteiger partial charge in [-0.05, 0) is 48.0 Å². The summed E-state index contributed by atoms with van der Waals surface area (Å²) in [4.78, 5) is 19.3. The van der Waals surface area contributed by atoms with E-state index in [2.05, 4.69) is 11.9 Å². The van der Waals surface area contributed by atoms with Crippen LogP contribution in [0.5, 0.6) is 5.88 Å². The van der Waals surface area contributed by atoms with E-state index in [1.165, 1.54) is 0 Å². The van der Waals surface area contributed by atoms with E-state index in [4.69, 9.17) is 33.7 Å². The van der Waals surface area contributed by atoms with Crippen LogP contribution in [0.1, 0.15) is 28.8 Å². The maximum atomic E-state index is 13.2. The van der Waals surface area contributed by atoms with Crippen LogP contribution in [0.15, 0.2) is 66.9 Å². The van der Waals surface area contributed by atoms with Gasteiger partial charge < -0.3 is 15.4 Å². The Hall–Kier alpha value is -2.76. The first kappa shape index (κ1) is 21.5. The van der Waals surface area contributed by atoms with Crippen LogP contribution in [0.4, 0.5) is 5.69 Å². The first-order chi connectivity index (χ1) is 14.8. The molecule has 4 rings (SSSR count). The summed E-state index contributed by atoms with van der Waals surface area (Å²) in [6.07, 6.45) is 1.56. The highest BCUT2D eigenvalue weighted by Gasteiger charge is 2.46. The number of hydrogen-bond donors (Lipinski definition) is 1. The second-order valence-corrected chi connectivity index (χ2v) is 9.04. The molecule has 160 valence electrons. The van der Waals surface area contributed by atoms with Crippen molar-refractivity contribution in [3.8, 4) is 5.88 Å². The molecular formula is C24H23Cl2N3O2. The molecule has 2 heterocycles. The van der Waals surface area contributed by atoms with Crippen molar-refractivity contribution in [3.05, 3.63) is 88.0 Å². The number of nitrogens with two attached hydrogens (primary N) is 1. The first-order valence-corrected chi connectivity index (χ1v) is 10.7. The van der Waals surface area contributed by atoms with Crippen LogP contribution >= 0.6 is 23.2 Å². The molecule has 1 fully saturated rings. The van der Waals surface area contributed by atoms with E-state index in [1.54, 1.807) is 42.6 Å². The van der Waals surface area contributed by atoms with Crippen LogP contribution in [0.3, 0.4) is 0 Å². The van der Waals surface area contributed by atoms with E-state index in [0.717, 1.165) is 5.56 Å². The normalized spacial score (nSPS) is 20.6. The zero-order valence-electron chi connectivity index (χ0n) is 17.1. The predicted molar refractivity (Wildman–Crippen MR) is 124 cm³/mol. The Bertz CT molecular complexity index is 1060. The van der Waals surface area contributed by atoms with Gasteiger partial charge >= 0.3 is 0 Å². The van der Waals surface area contributed by atoms with Crippen LogP contribution < -0.4 is 10.5 Å². The summed E-state index contributed by atoms with van der Waals surface area (Å²) >= 11 is 12.0. The number of nitrogens with zero attached hydrogens (tertiary/aromatic N) is 2. The maximum Gasteiger partial charge on any atom is 0.253 e. The molecule has 31 heavy (non-hydrogen) atoms. The number of hydrogen-bond acceptors (Lipinski definition) is 4. The number of amides is 1. The van der Waals surface area contributed by atoms with Gasteiger partial charge in [-0.1, -0.05) is 42.3 Å². The molecule has 0 spiro atoms. The minimum Gasteiger partial charge on any atom is -0.477 e. The first-order valence-electron chi connectivity index (χ1n) is 9.99. The molecule has 1 aliphatic rings. The van der Waals surface area contributed by atoms with Gasteiger partial charge in [0.15, 0.2) is 0 Å². The summed E-state index contributed by atoms with van der Waals surface area (Å²) in [7, 11) is 0. The van der Waals surface area contributed by atoms with Crippen LogP contribution in [0.25, 0.3) is 0 Å². The number of carbonyl (C=O) groups is 1. The molecule has 3 aromatic rings. The van der Waals surface area contributed by atoms with Crippen molar-refractivity contribution in [2.45, 2.75) is 12.8 Å². The lowest BCUT2D eigenvalue weighted by Gasteiger charge is -2.30. The predicted octanol–water partition coefficient (Wildman–Crippen LogP) is 5.30. The van der Waals surface area contributed by atoms with Gasteiger partial charge in [0, 0.05) is 53.0 Å². The fourth-order valence-electron chi connectivity index (χ4n) is 4.05. The molecule has 0 unspecified atom stereocenters. The summed E-state index contributed by atoms with van der Waals surface area (Å²) in [5, 5.41) is 1.23. The molecule has 1 amide bonds. The molecular weight excluding hydrogens is 433 g/mol. The van der Waals surface area contributed by atoms with Crippen molar-refractivity contribution in [1.29, 1.82) is 0 Å². The third-order valence-electron chi connectivity index (χ3n) is 5.76. The van der Waals surface area contributed by atoms with Crippen LogP contribution in [0, 0.1) is 5.41 Å². The standard InChI is InChI=1S/C24H23Cl2N3O2/c1-24(15-31-22-11-8-19(26)12-28-22)14-29(23(30)17-4-9-20(27)10-5-17)13-21(24)16-2-6-18(25)7-3-16/h2-12,21H,13-15,27H2,1H3/t21-,24-/m1/s1. The minimum atomic E-state index is -0.321. The second kappa shape index (κ2) is 8.77. The highest BCUT2D eigenvalue weighted by Crippen LogP contribution is 2.43. The van der Waals surface area contributed by atoms with Gasteiger partial charge in [-0.3, -0.25) is 4.79 Å². The number of pyridine rings is 1. The Morgan fingerprint density at radius 3 is 2.42 bits per heavy atom. The van der Waals surface area contributed by atoms with E-state index >= 15 is 0 Å². The van der Waals surface area contributed by atoms with Crippen molar-refractivity contribution < 1.29 is 9.53 Å². The number of rotatable bonds is 5. The zero-order valence-corrected chi connectivity index (χ0v) is 18.6. The summed E-state index contributed by atoms with van der Waals surface area (Å²) in [6.45, 7) is 3.68. The number of halogens is 2. The Kier molecular flexibility index (Phi) is 6.08. The third kappa shape index (κ3) is 4.78. The van der Waals surface area contributed by atoms with Crippen LogP contribution in [0.2, 0.25) is 10.0 Å². The zero-order chi connectivity index (χ0) is 22.0. The average Bonchev–Trinajstić information content (AvgIpc) is 3.12. The average molecular weight is 456 g/mol. The van der Waals surface area contributed by atoms with Gasteiger partial charge in [-0.2, -0.15) is 0 Å². The Morgan fingerprint density at radius 2 is 1.77 bits per heavy atom. The van der Waals surface area contributed by atoms with Crippen LogP contribution in [-0.2, 0) is 0 Å². The lowest BCUT2D eigenvalue weighted by Crippen LogP contribution is -2.35. The Morgan fingerprint density at radius 1 is 1.10 bits per heavy atom. The molecule has 2 N–H and O–H groups in total. The molecule has 2 aromatic carbocycles. The van der Waals surface area contributed by atoms with Crippen molar-refractivity contribution in [3.63, 3.8) is 0 Å². The fourth-order valence-corrected chi connectivity index (χ4v) is 4.29. The van der Waals surface area contributed by atoms with E-state index in [1.807, 2.05) is 29.2 Å². The summed E-state index contributed by atoms with van der Waals surface area (Å²) in [5.74, 6) is 0.561. The van der Waals surface area contributed by atoms with E-state index < -0.39 is 0 Å². The summed E-state index contributed by atoms with van der Waals surface area (Å²) < 4.78 is 6.02. The van der Waals surface area contributed by atoms with E-state index in [0.29, 0.717) is 46.9 Å². The molecule has 1 aliphatic heterocycles. The number of carbonyl (C=O) groups excluding carboxylic acids is 1. The molecule has 0 bridgehead atoms. The largest absolute Gasteiger partial charge is 0.477 e. The molecule has 0 saturated carbocycles. The summed E-state index contributed by atoms with van der Waals surface area (Å²) in [6, 6.07) is 18.3. The third-order valence-corrected chi connectivity index (χ3v) is 6.24. The van der Waals surface area contributed by atoms with E-state index in [-0.39, 0.29) is 17.2 Å². The SMILES string of the molecule is C[C@]1(COc2ccc(Cl)cn2)CN(C(=O)c2ccc(N)cc2)C[C@@H]1c1ccc(Cl)cc1. The molecule has 5 nitrogen and oxygen atoms in total. The molecule has 7 heteroatoms. The van der Waals surface area contributed by atoms with Gasteiger partial charge in [0.05, 0.1) is 11.6 Å². The molecule has 0 radical (unpaired) electrons.